The first kappa shape index (κ1) is 54.1. The highest BCUT2D eigenvalue weighted by Crippen LogP contribution is 2.23. The number of carbonyl (C=O) groups is 2. The Hall–Kier alpha value is -3.95. The minimum atomic E-state index is -4.63. The molecule has 1 heterocycles. The molecule has 1 aliphatic heterocycles. The average Bonchev–Trinajstić information content (AvgIpc) is 3.21. The van der Waals surface area contributed by atoms with Crippen molar-refractivity contribution in [3.63, 3.8) is 0 Å². The maximum Gasteiger partial charge on any atom is 0.309 e. The van der Waals surface area contributed by atoms with Gasteiger partial charge in [-0.2, -0.15) is 8.42 Å². The summed E-state index contributed by atoms with van der Waals surface area (Å²) in [4.78, 5) is 25.3. The van der Waals surface area contributed by atoms with Crippen molar-refractivity contribution in [1.29, 1.82) is 0 Å². The lowest BCUT2D eigenvalue weighted by Gasteiger charge is -2.40. The van der Waals surface area contributed by atoms with E-state index < -0.39 is 77.8 Å². The van der Waals surface area contributed by atoms with E-state index in [2.05, 4.69) is 98.9 Å². The van der Waals surface area contributed by atoms with Gasteiger partial charge in [-0.05, 0) is 77.0 Å². The van der Waals surface area contributed by atoms with Crippen LogP contribution in [0.25, 0.3) is 0 Å². The van der Waals surface area contributed by atoms with E-state index in [1.807, 2.05) is 30.4 Å². The smallest absolute Gasteiger partial charge is 0.309 e. The minimum absolute atomic E-state index is 0.0336. The van der Waals surface area contributed by atoms with Gasteiger partial charge in [-0.1, -0.05) is 135 Å². The van der Waals surface area contributed by atoms with Gasteiger partial charge < -0.3 is 34.3 Å². The van der Waals surface area contributed by atoms with Crippen molar-refractivity contribution in [2.45, 2.75) is 141 Å². The molecule has 13 heteroatoms. The molecule has 0 aliphatic carbocycles. The molecule has 1 aliphatic rings. The fourth-order valence-electron chi connectivity index (χ4n) is 5.37. The zero-order chi connectivity index (χ0) is 44.1. The summed E-state index contributed by atoms with van der Waals surface area (Å²) in [6.07, 6.45) is 41.4. The van der Waals surface area contributed by atoms with E-state index >= 15 is 0 Å². The summed E-state index contributed by atoms with van der Waals surface area (Å²) in [5.74, 6) is -2.24. The average molecular weight is 859 g/mol. The van der Waals surface area contributed by atoms with Crippen molar-refractivity contribution >= 4 is 22.1 Å². The van der Waals surface area contributed by atoms with Crippen LogP contribution in [0.2, 0.25) is 0 Å². The number of aliphatic hydroxyl groups excluding tert-OH is 3. The summed E-state index contributed by atoms with van der Waals surface area (Å²) in [6.45, 7) is 3.36. The molecule has 0 bridgehead atoms. The Morgan fingerprint density at radius 1 is 0.583 bits per heavy atom. The molecule has 0 aromatic heterocycles. The Morgan fingerprint density at radius 3 is 1.47 bits per heavy atom. The predicted octanol–water partition coefficient (Wildman–Crippen LogP) is 8.22. The highest BCUT2D eigenvalue weighted by Gasteiger charge is 2.46. The summed E-state index contributed by atoms with van der Waals surface area (Å²) >= 11 is 0. The predicted molar refractivity (Wildman–Crippen MR) is 237 cm³/mol. The second kappa shape index (κ2) is 35.8. The highest BCUT2D eigenvalue weighted by molar-refractivity contribution is 7.85. The van der Waals surface area contributed by atoms with Gasteiger partial charge in [0.05, 0.1) is 13.0 Å². The number of allylic oxidation sites excluding steroid dienone is 19. The number of hydrogen-bond acceptors (Lipinski definition) is 11. The minimum Gasteiger partial charge on any atom is -0.461 e. The topological polar surface area (TPSA) is 186 Å². The zero-order valence-electron chi connectivity index (χ0n) is 35.5. The Morgan fingerprint density at radius 2 is 1.02 bits per heavy atom. The van der Waals surface area contributed by atoms with E-state index in [-0.39, 0.29) is 12.8 Å². The van der Waals surface area contributed by atoms with Gasteiger partial charge in [0, 0.05) is 6.42 Å². The van der Waals surface area contributed by atoms with E-state index in [4.69, 9.17) is 18.9 Å². The number of rotatable bonds is 32. The van der Waals surface area contributed by atoms with Crippen molar-refractivity contribution in [1.82, 2.24) is 0 Å². The second-order valence-corrected chi connectivity index (χ2v) is 15.4. The van der Waals surface area contributed by atoms with Gasteiger partial charge in [-0.3, -0.25) is 14.1 Å². The summed E-state index contributed by atoms with van der Waals surface area (Å²) in [5.41, 5.74) is 0. The van der Waals surface area contributed by atoms with Crippen LogP contribution in [0.4, 0.5) is 0 Å². The largest absolute Gasteiger partial charge is 0.461 e. The zero-order valence-corrected chi connectivity index (χ0v) is 36.3. The Balaban J connectivity index is 2.60. The molecule has 1 fully saturated rings. The molecule has 0 aromatic carbocycles. The molecule has 1 rings (SSSR count). The number of esters is 2. The quantitative estimate of drug-likeness (QED) is 0.0220. The molecule has 0 aromatic rings. The molecular weight excluding hydrogens is 789 g/mol. The monoisotopic (exact) mass is 858 g/mol. The summed E-state index contributed by atoms with van der Waals surface area (Å²) in [6, 6.07) is 0. The van der Waals surface area contributed by atoms with Crippen molar-refractivity contribution in [2.75, 3.05) is 19.0 Å². The fourth-order valence-corrected chi connectivity index (χ4v) is 6.06. The number of ether oxygens (including phenoxy) is 4. The Bertz CT molecular complexity index is 1570. The lowest BCUT2D eigenvalue weighted by atomic mass is 10.00. The summed E-state index contributed by atoms with van der Waals surface area (Å²) in [7, 11) is -4.63. The van der Waals surface area contributed by atoms with E-state index in [0.29, 0.717) is 19.3 Å². The van der Waals surface area contributed by atoms with Crippen LogP contribution in [0.5, 0.6) is 0 Å². The molecule has 0 amide bonds. The van der Waals surface area contributed by atoms with Crippen molar-refractivity contribution in [3.8, 4) is 0 Å². The Labute approximate surface area is 358 Å². The molecule has 4 N–H and O–H groups in total. The third-order valence-electron chi connectivity index (χ3n) is 8.57. The van der Waals surface area contributed by atoms with Crippen molar-refractivity contribution < 1.29 is 56.8 Å². The van der Waals surface area contributed by atoms with Crippen LogP contribution in [0.1, 0.15) is 104 Å². The molecule has 60 heavy (non-hydrogen) atoms. The van der Waals surface area contributed by atoms with Gasteiger partial charge in [-0.15, -0.1) is 0 Å². The van der Waals surface area contributed by atoms with E-state index in [1.165, 1.54) is 0 Å². The summed E-state index contributed by atoms with van der Waals surface area (Å²) in [5, 5.41) is 30.8. The highest BCUT2D eigenvalue weighted by atomic mass is 32.2. The molecule has 6 unspecified atom stereocenters. The van der Waals surface area contributed by atoms with Crippen LogP contribution in [0, 0.1) is 0 Å². The van der Waals surface area contributed by atoms with Gasteiger partial charge >= 0.3 is 11.9 Å². The number of aliphatic hydroxyl groups is 3. The van der Waals surface area contributed by atoms with Crippen LogP contribution >= 0.6 is 0 Å². The lowest BCUT2D eigenvalue weighted by Crippen LogP contribution is -2.60. The second-order valence-electron chi connectivity index (χ2n) is 13.9. The van der Waals surface area contributed by atoms with E-state index in [1.54, 1.807) is 6.08 Å². The van der Waals surface area contributed by atoms with Gasteiger partial charge in [0.25, 0.3) is 10.1 Å². The maximum absolute atomic E-state index is 12.8. The van der Waals surface area contributed by atoms with Crippen LogP contribution < -0.4 is 0 Å². The molecule has 1 saturated heterocycles. The maximum atomic E-state index is 12.8. The molecule has 12 nitrogen and oxygen atoms in total. The SMILES string of the molecule is CC/C=C\C/C=C\C/C=C\C/C=C\C/C=C\CCCC(=O)OC(COC(=O)C/C=C\C/C=C\C/C=C\C/C=C\C/C=C\CC)COC1OC(CS(=O)(=O)O)C(O)C(O)C1O. The van der Waals surface area contributed by atoms with E-state index in [0.717, 1.165) is 57.8 Å². The number of carbonyl (C=O) groups excluding carboxylic acids is 2. The van der Waals surface area contributed by atoms with Crippen LogP contribution in [-0.4, -0.2) is 96.0 Å². The third kappa shape index (κ3) is 30.1. The normalized spacial score (nSPS) is 21.3. The first-order chi connectivity index (χ1) is 29.0. The number of unbranched alkanes of at least 4 members (excludes halogenated alkanes) is 1. The molecule has 0 saturated carbocycles. The lowest BCUT2D eigenvalue weighted by molar-refractivity contribution is -0.297. The molecule has 6 atom stereocenters. The molecule has 336 valence electrons. The van der Waals surface area contributed by atoms with Crippen LogP contribution in [0.15, 0.2) is 122 Å². The van der Waals surface area contributed by atoms with Crippen LogP contribution in [-0.2, 0) is 38.7 Å². The van der Waals surface area contributed by atoms with Crippen molar-refractivity contribution in [3.05, 3.63) is 122 Å². The van der Waals surface area contributed by atoms with Gasteiger partial charge in [0.1, 0.15) is 36.8 Å². The molecular formula is C47H70O12S. The molecule has 0 radical (unpaired) electrons. The third-order valence-corrected chi connectivity index (χ3v) is 9.32. The molecule has 0 spiro atoms. The van der Waals surface area contributed by atoms with Crippen molar-refractivity contribution in [2.24, 2.45) is 0 Å². The van der Waals surface area contributed by atoms with Gasteiger partial charge in [0.15, 0.2) is 12.4 Å². The number of hydrogen-bond donors (Lipinski definition) is 4. The van der Waals surface area contributed by atoms with Gasteiger partial charge in [0.2, 0.25) is 0 Å². The van der Waals surface area contributed by atoms with Crippen LogP contribution in [0.3, 0.4) is 0 Å². The standard InChI is InChI=1S/C47H70O12S/c1-3-5-7-9-11-13-15-17-19-20-22-24-26-28-30-32-34-36-43(49)58-40(38-57-47-46(52)45(51)44(50)41(59-47)39-60(53,54)55)37-56-42(48)35-33-31-29-27-25-23-21-18-16-14-12-10-8-6-4-2/h5-8,11-14,17-19,21-22,24-25,27-28,30-31,33,40-41,44-47,50-52H,3-4,9-10,15-16,20,23,26,29,32,34-39H2,1-2H3,(H,53,54,55)/b7-5-,8-6-,13-11-,14-12-,19-17-,21-18-,24-22-,27-25-,30-28-,33-31-. The van der Waals surface area contributed by atoms with Gasteiger partial charge in [-0.25, -0.2) is 0 Å². The van der Waals surface area contributed by atoms with E-state index in [9.17, 15) is 37.9 Å². The Kier molecular flexibility index (Phi) is 32.2. The first-order valence-electron chi connectivity index (χ1n) is 21.1. The summed E-state index contributed by atoms with van der Waals surface area (Å²) < 4.78 is 53.8. The fraction of sp³-hybridized carbons (Fsp3) is 0.532. The first-order valence-corrected chi connectivity index (χ1v) is 22.7.